The van der Waals surface area contributed by atoms with E-state index in [-0.39, 0.29) is 30.3 Å². The lowest BCUT2D eigenvalue weighted by Gasteiger charge is -2.10. The van der Waals surface area contributed by atoms with Crippen LogP contribution in [-0.4, -0.2) is 37.9 Å². The number of Topliss-reactive ketones (excluding diaryl/α,β-unsaturated/α-hetero) is 1. The second-order valence-corrected chi connectivity index (χ2v) is 4.98. The van der Waals surface area contributed by atoms with Crippen molar-refractivity contribution >= 4 is 23.3 Å². The van der Waals surface area contributed by atoms with E-state index in [1.807, 2.05) is 6.07 Å². The molecule has 0 saturated carbocycles. The van der Waals surface area contributed by atoms with Crippen LogP contribution in [0.3, 0.4) is 0 Å². The monoisotopic (exact) mass is 326 g/mol. The van der Waals surface area contributed by atoms with E-state index in [0.717, 1.165) is 0 Å². The van der Waals surface area contributed by atoms with Gasteiger partial charge in [-0.3, -0.25) is 9.59 Å². The third-order valence-electron chi connectivity index (χ3n) is 3.27. The Morgan fingerprint density at radius 3 is 2.29 bits per heavy atom. The summed E-state index contributed by atoms with van der Waals surface area (Å²) in [6.45, 7) is 0.00413. The largest absolute Gasteiger partial charge is 0.465 e. The lowest BCUT2D eigenvalue weighted by Crippen LogP contribution is -2.32. The minimum absolute atomic E-state index is 0.0475. The van der Waals surface area contributed by atoms with Crippen LogP contribution in [-0.2, 0) is 9.53 Å². The van der Waals surface area contributed by atoms with Crippen LogP contribution in [0.15, 0.2) is 54.6 Å². The number of anilines is 1. The SMILES string of the molecule is COC(=O)c1ccccc1NC(=O)CNCC(=O)c1ccccc1. The number of rotatable bonds is 7. The molecular weight excluding hydrogens is 308 g/mol. The van der Waals surface area contributed by atoms with Crippen molar-refractivity contribution in [1.82, 2.24) is 5.32 Å². The second-order valence-electron chi connectivity index (χ2n) is 4.98. The Kier molecular flexibility index (Phi) is 6.22. The van der Waals surface area contributed by atoms with Crippen LogP contribution in [0.5, 0.6) is 0 Å². The molecule has 0 radical (unpaired) electrons. The van der Waals surface area contributed by atoms with Crippen LogP contribution in [0.2, 0.25) is 0 Å². The van der Waals surface area contributed by atoms with E-state index in [9.17, 15) is 14.4 Å². The highest BCUT2D eigenvalue weighted by Gasteiger charge is 2.13. The number of methoxy groups -OCH3 is 1. The van der Waals surface area contributed by atoms with E-state index in [1.54, 1.807) is 48.5 Å². The molecule has 0 aliphatic rings. The van der Waals surface area contributed by atoms with Crippen molar-refractivity contribution in [2.24, 2.45) is 0 Å². The standard InChI is InChI=1S/C18H18N2O4/c1-24-18(23)14-9-5-6-10-15(14)20-17(22)12-19-11-16(21)13-7-3-2-4-8-13/h2-10,19H,11-12H2,1H3,(H,20,22). The van der Waals surface area contributed by atoms with E-state index in [4.69, 9.17) is 0 Å². The Hall–Kier alpha value is -2.99. The van der Waals surface area contributed by atoms with Crippen molar-refractivity contribution in [3.8, 4) is 0 Å². The number of para-hydroxylation sites is 1. The van der Waals surface area contributed by atoms with Gasteiger partial charge in [0.25, 0.3) is 0 Å². The topological polar surface area (TPSA) is 84.5 Å². The summed E-state index contributed by atoms with van der Waals surface area (Å²) in [4.78, 5) is 35.5. The Balaban J connectivity index is 1.86. The predicted octanol–water partition coefficient (Wildman–Crippen LogP) is 1.88. The number of carbonyl (C=O) groups is 3. The van der Waals surface area contributed by atoms with E-state index in [0.29, 0.717) is 11.3 Å². The van der Waals surface area contributed by atoms with E-state index in [1.165, 1.54) is 7.11 Å². The molecule has 2 aromatic carbocycles. The van der Waals surface area contributed by atoms with Gasteiger partial charge < -0.3 is 15.4 Å². The molecule has 0 aliphatic heterocycles. The zero-order chi connectivity index (χ0) is 17.4. The van der Waals surface area contributed by atoms with Crippen LogP contribution < -0.4 is 10.6 Å². The van der Waals surface area contributed by atoms with Gasteiger partial charge in [0.05, 0.1) is 31.5 Å². The van der Waals surface area contributed by atoms with E-state index in [2.05, 4.69) is 15.4 Å². The van der Waals surface area contributed by atoms with Crippen molar-refractivity contribution in [3.63, 3.8) is 0 Å². The molecule has 0 atom stereocenters. The summed E-state index contributed by atoms with van der Waals surface area (Å²) < 4.78 is 4.67. The van der Waals surface area contributed by atoms with Gasteiger partial charge in [-0.2, -0.15) is 0 Å². The average molecular weight is 326 g/mol. The quantitative estimate of drug-likeness (QED) is 0.599. The molecule has 0 saturated heterocycles. The zero-order valence-electron chi connectivity index (χ0n) is 13.2. The van der Waals surface area contributed by atoms with Crippen LogP contribution in [0.1, 0.15) is 20.7 Å². The summed E-state index contributed by atoms with van der Waals surface area (Å²) in [5.74, 6) is -0.983. The number of ketones is 1. The smallest absolute Gasteiger partial charge is 0.339 e. The fourth-order valence-corrected chi connectivity index (χ4v) is 2.09. The van der Waals surface area contributed by atoms with Crippen molar-refractivity contribution < 1.29 is 19.1 Å². The molecule has 24 heavy (non-hydrogen) atoms. The molecule has 0 bridgehead atoms. The number of carbonyl (C=O) groups excluding carboxylic acids is 3. The Morgan fingerprint density at radius 1 is 0.917 bits per heavy atom. The molecule has 0 spiro atoms. The normalized spacial score (nSPS) is 10.0. The number of nitrogens with one attached hydrogen (secondary N) is 2. The molecule has 0 aromatic heterocycles. The van der Waals surface area contributed by atoms with Crippen molar-refractivity contribution in [3.05, 3.63) is 65.7 Å². The number of benzene rings is 2. The summed E-state index contributed by atoms with van der Waals surface area (Å²) in [5, 5.41) is 5.41. The molecule has 0 fully saturated rings. The van der Waals surface area contributed by atoms with Crippen LogP contribution in [0.25, 0.3) is 0 Å². The Labute approximate surface area is 139 Å². The molecule has 124 valence electrons. The van der Waals surface area contributed by atoms with Gasteiger partial charge >= 0.3 is 5.97 Å². The highest BCUT2D eigenvalue weighted by atomic mass is 16.5. The lowest BCUT2D eigenvalue weighted by molar-refractivity contribution is -0.115. The molecule has 1 amide bonds. The number of hydrogen-bond acceptors (Lipinski definition) is 5. The van der Waals surface area contributed by atoms with Gasteiger partial charge in [0.15, 0.2) is 5.78 Å². The third-order valence-corrected chi connectivity index (χ3v) is 3.27. The first-order valence-electron chi connectivity index (χ1n) is 7.38. The zero-order valence-corrected chi connectivity index (χ0v) is 13.2. The average Bonchev–Trinajstić information content (AvgIpc) is 2.62. The van der Waals surface area contributed by atoms with Gasteiger partial charge in [-0.25, -0.2) is 4.79 Å². The fourth-order valence-electron chi connectivity index (χ4n) is 2.09. The second kappa shape index (κ2) is 8.59. The summed E-state index contributed by atoms with van der Waals surface area (Å²) >= 11 is 0. The number of hydrogen-bond donors (Lipinski definition) is 2. The molecular formula is C18H18N2O4. The predicted molar refractivity (Wildman–Crippen MR) is 90.1 cm³/mol. The van der Waals surface area contributed by atoms with Gasteiger partial charge in [-0.15, -0.1) is 0 Å². The van der Waals surface area contributed by atoms with Gasteiger partial charge in [0.2, 0.25) is 5.91 Å². The highest BCUT2D eigenvalue weighted by molar-refractivity contribution is 6.02. The maximum Gasteiger partial charge on any atom is 0.339 e. The molecule has 2 rings (SSSR count). The van der Waals surface area contributed by atoms with Crippen molar-refractivity contribution in [1.29, 1.82) is 0 Å². The fraction of sp³-hybridized carbons (Fsp3) is 0.167. The molecule has 0 heterocycles. The first-order chi connectivity index (χ1) is 11.6. The maximum absolute atomic E-state index is 12.0. The summed E-state index contributed by atoms with van der Waals surface area (Å²) in [6, 6.07) is 15.4. The molecule has 0 unspecified atom stereocenters. The first kappa shape index (κ1) is 17.4. The number of esters is 1. The molecule has 2 N–H and O–H groups in total. The van der Waals surface area contributed by atoms with E-state index >= 15 is 0 Å². The first-order valence-corrected chi connectivity index (χ1v) is 7.38. The van der Waals surface area contributed by atoms with Crippen molar-refractivity contribution in [2.75, 3.05) is 25.5 Å². The summed E-state index contributed by atoms with van der Waals surface area (Å²) in [6.07, 6.45) is 0. The van der Waals surface area contributed by atoms with Gasteiger partial charge in [0.1, 0.15) is 0 Å². The van der Waals surface area contributed by atoms with Gasteiger partial charge in [0, 0.05) is 5.56 Å². The van der Waals surface area contributed by atoms with Crippen LogP contribution in [0, 0.1) is 0 Å². The van der Waals surface area contributed by atoms with Gasteiger partial charge in [-0.05, 0) is 12.1 Å². The summed E-state index contributed by atoms with van der Waals surface area (Å²) in [5.41, 5.74) is 1.22. The van der Waals surface area contributed by atoms with Crippen LogP contribution in [0.4, 0.5) is 5.69 Å². The minimum atomic E-state index is -0.530. The number of amides is 1. The summed E-state index contributed by atoms with van der Waals surface area (Å²) in [7, 11) is 1.28. The minimum Gasteiger partial charge on any atom is -0.465 e. The molecule has 0 aliphatic carbocycles. The third kappa shape index (κ3) is 4.76. The number of ether oxygens (including phenoxy) is 1. The lowest BCUT2D eigenvalue weighted by atomic mass is 10.1. The Bertz CT molecular complexity index is 729. The van der Waals surface area contributed by atoms with E-state index < -0.39 is 5.97 Å². The molecule has 6 heteroatoms. The Morgan fingerprint density at radius 2 is 1.58 bits per heavy atom. The van der Waals surface area contributed by atoms with Crippen molar-refractivity contribution in [2.45, 2.75) is 0 Å². The molecule has 6 nitrogen and oxygen atoms in total. The highest BCUT2D eigenvalue weighted by Crippen LogP contribution is 2.15. The van der Waals surface area contributed by atoms with Crippen LogP contribution >= 0.6 is 0 Å². The molecule has 2 aromatic rings. The van der Waals surface area contributed by atoms with Gasteiger partial charge in [-0.1, -0.05) is 42.5 Å². The maximum atomic E-state index is 12.0.